The number of nitrogens with zero attached hydrogens (tertiary/aromatic N) is 1. The lowest BCUT2D eigenvalue weighted by Gasteiger charge is -2.22. The number of aryl methyl sites for hydroxylation is 1. The first-order valence-corrected chi connectivity index (χ1v) is 6.73. The predicted octanol–water partition coefficient (Wildman–Crippen LogP) is 1.76. The average molecular weight is 260 g/mol. The highest BCUT2D eigenvalue weighted by atomic mass is 16.1. The molecule has 0 bridgehead atoms. The van der Waals surface area contributed by atoms with Crippen LogP contribution in [-0.4, -0.2) is 35.7 Å². The molecule has 1 aromatic rings. The minimum atomic E-state index is -0.534. The van der Waals surface area contributed by atoms with Gasteiger partial charge in [0.25, 0.3) is 0 Å². The van der Waals surface area contributed by atoms with E-state index in [9.17, 15) is 9.59 Å². The maximum absolute atomic E-state index is 12.6. The molecule has 4 heteroatoms. The van der Waals surface area contributed by atoms with Gasteiger partial charge in [0.05, 0.1) is 11.6 Å². The van der Waals surface area contributed by atoms with Gasteiger partial charge >= 0.3 is 0 Å². The van der Waals surface area contributed by atoms with Gasteiger partial charge in [-0.25, -0.2) is 0 Å². The maximum atomic E-state index is 12.6. The Morgan fingerprint density at radius 3 is 2.74 bits per heavy atom. The molecule has 1 fully saturated rings. The van der Waals surface area contributed by atoms with E-state index in [-0.39, 0.29) is 11.8 Å². The summed E-state index contributed by atoms with van der Waals surface area (Å²) in [6, 6.07) is 5.17. The molecule has 0 unspecified atom stereocenters. The van der Waals surface area contributed by atoms with E-state index in [1.54, 1.807) is 12.1 Å². The van der Waals surface area contributed by atoms with Crippen LogP contribution in [0.1, 0.15) is 46.0 Å². The molecule has 2 N–H and O–H groups in total. The summed E-state index contributed by atoms with van der Waals surface area (Å²) in [6.45, 7) is 5.74. The van der Waals surface area contributed by atoms with Crippen LogP contribution in [0.25, 0.3) is 0 Å². The van der Waals surface area contributed by atoms with E-state index < -0.39 is 5.91 Å². The first-order valence-electron chi connectivity index (χ1n) is 6.73. The summed E-state index contributed by atoms with van der Waals surface area (Å²) in [5.41, 5.74) is 7.12. The highest BCUT2D eigenvalue weighted by molar-refractivity contribution is 6.09. The minimum absolute atomic E-state index is 0.0214. The van der Waals surface area contributed by atoms with Crippen LogP contribution in [0.4, 0.5) is 0 Å². The summed E-state index contributed by atoms with van der Waals surface area (Å²) in [7, 11) is 0. The fourth-order valence-corrected chi connectivity index (χ4v) is 2.76. The molecular formula is C15H20N2O2. The number of amides is 1. The van der Waals surface area contributed by atoms with Crippen LogP contribution in [0.15, 0.2) is 18.2 Å². The number of carbonyl (C=O) groups is 2. The molecule has 19 heavy (non-hydrogen) atoms. The summed E-state index contributed by atoms with van der Waals surface area (Å²) >= 11 is 0. The van der Waals surface area contributed by atoms with Crippen LogP contribution < -0.4 is 5.73 Å². The van der Waals surface area contributed by atoms with Gasteiger partial charge in [0.2, 0.25) is 5.91 Å². The third-order valence-electron chi connectivity index (χ3n) is 3.78. The van der Waals surface area contributed by atoms with Crippen LogP contribution in [0.2, 0.25) is 0 Å². The van der Waals surface area contributed by atoms with Crippen molar-refractivity contribution in [2.75, 3.05) is 13.1 Å². The second kappa shape index (κ2) is 5.53. The third-order valence-corrected chi connectivity index (χ3v) is 3.78. The standard InChI is InChI=1S/C15H20N2O2/c1-3-17-8-4-5-13(17)14(18)11-7-6-10(2)9-12(11)15(16)19/h6-7,9,13H,3-5,8H2,1-2H3,(H2,16,19)/t13-/m0/s1. The Bertz CT molecular complexity index is 511. The summed E-state index contributed by atoms with van der Waals surface area (Å²) in [5, 5.41) is 0. The Kier molecular flexibility index (Phi) is 4.00. The van der Waals surface area contributed by atoms with E-state index in [1.807, 2.05) is 13.0 Å². The van der Waals surface area contributed by atoms with Crippen molar-refractivity contribution in [3.05, 3.63) is 34.9 Å². The molecular weight excluding hydrogens is 240 g/mol. The lowest BCUT2D eigenvalue weighted by molar-refractivity contribution is 0.0865. The Morgan fingerprint density at radius 1 is 1.37 bits per heavy atom. The summed E-state index contributed by atoms with van der Waals surface area (Å²) < 4.78 is 0. The normalized spacial score (nSPS) is 19.6. The molecule has 4 nitrogen and oxygen atoms in total. The molecule has 2 rings (SSSR count). The van der Waals surface area contributed by atoms with Gasteiger partial charge < -0.3 is 5.73 Å². The summed E-state index contributed by atoms with van der Waals surface area (Å²) in [4.78, 5) is 26.3. The van der Waals surface area contributed by atoms with Gasteiger partial charge in [-0.15, -0.1) is 0 Å². The highest BCUT2D eigenvalue weighted by Crippen LogP contribution is 2.23. The number of carbonyl (C=O) groups excluding carboxylic acids is 2. The fourth-order valence-electron chi connectivity index (χ4n) is 2.76. The summed E-state index contributed by atoms with van der Waals surface area (Å²) in [5.74, 6) is -0.513. The van der Waals surface area contributed by atoms with Crippen LogP contribution >= 0.6 is 0 Å². The number of Topliss-reactive ketones (excluding diaryl/α,β-unsaturated/α-hetero) is 1. The number of likely N-dealkylation sites (N-methyl/N-ethyl adjacent to an activating group) is 1. The van der Waals surface area contributed by atoms with Crippen molar-refractivity contribution >= 4 is 11.7 Å². The third kappa shape index (κ3) is 2.68. The molecule has 1 heterocycles. The Hall–Kier alpha value is -1.68. The molecule has 0 aromatic heterocycles. The van der Waals surface area contributed by atoms with Gasteiger partial charge in [0.15, 0.2) is 5.78 Å². The van der Waals surface area contributed by atoms with Gasteiger partial charge in [-0.05, 0) is 38.9 Å². The molecule has 1 aromatic carbocycles. The Morgan fingerprint density at radius 2 is 2.11 bits per heavy atom. The zero-order chi connectivity index (χ0) is 14.0. The number of nitrogens with two attached hydrogens (primary N) is 1. The number of ketones is 1. The maximum Gasteiger partial charge on any atom is 0.249 e. The van der Waals surface area contributed by atoms with Crippen molar-refractivity contribution in [3.8, 4) is 0 Å². The van der Waals surface area contributed by atoms with Crippen LogP contribution in [0, 0.1) is 6.92 Å². The largest absolute Gasteiger partial charge is 0.366 e. The lowest BCUT2D eigenvalue weighted by Crippen LogP contribution is -2.36. The van der Waals surface area contributed by atoms with Crippen molar-refractivity contribution in [1.82, 2.24) is 4.90 Å². The summed E-state index contributed by atoms with van der Waals surface area (Å²) in [6.07, 6.45) is 1.89. The van der Waals surface area contributed by atoms with Crippen molar-refractivity contribution in [2.24, 2.45) is 5.73 Å². The van der Waals surface area contributed by atoms with E-state index in [4.69, 9.17) is 5.73 Å². The highest BCUT2D eigenvalue weighted by Gasteiger charge is 2.31. The quantitative estimate of drug-likeness (QED) is 0.839. The van der Waals surface area contributed by atoms with E-state index in [0.717, 1.165) is 31.5 Å². The van der Waals surface area contributed by atoms with Crippen LogP contribution in [0.5, 0.6) is 0 Å². The average Bonchev–Trinajstić information content (AvgIpc) is 2.86. The molecule has 0 saturated carbocycles. The van der Waals surface area contributed by atoms with Gasteiger partial charge in [-0.1, -0.05) is 24.6 Å². The molecule has 0 spiro atoms. The van der Waals surface area contributed by atoms with E-state index in [0.29, 0.717) is 11.1 Å². The molecule has 1 saturated heterocycles. The Labute approximate surface area is 113 Å². The van der Waals surface area contributed by atoms with Crippen LogP contribution in [0.3, 0.4) is 0 Å². The first-order chi connectivity index (χ1) is 9.04. The molecule has 0 radical (unpaired) electrons. The molecule has 1 aliphatic rings. The number of benzene rings is 1. The second-order valence-electron chi connectivity index (χ2n) is 5.06. The zero-order valence-corrected chi connectivity index (χ0v) is 11.5. The second-order valence-corrected chi connectivity index (χ2v) is 5.06. The fraction of sp³-hybridized carbons (Fsp3) is 0.467. The number of rotatable bonds is 4. The monoisotopic (exact) mass is 260 g/mol. The molecule has 1 aliphatic heterocycles. The molecule has 102 valence electrons. The van der Waals surface area contributed by atoms with E-state index in [2.05, 4.69) is 11.8 Å². The zero-order valence-electron chi connectivity index (χ0n) is 11.5. The van der Waals surface area contributed by atoms with Crippen LogP contribution in [-0.2, 0) is 0 Å². The number of likely N-dealkylation sites (tertiary alicyclic amines) is 1. The van der Waals surface area contributed by atoms with Gasteiger partial charge in [0, 0.05) is 5.56 Å². The SMILES string of the molecule is CCN1CCC[C@H]1C(=O)c1ccc(C)cc1C(N)=O. The Balaban J connectivity index is 2.36. The predicted molar refractivity (Wildman–Crippen MR) is 74.3 cm³/mol. The van der Waals surface area contributed by atoms with E-state index in [1.165, 1.54) is 0 Å². The van der Waals surface area contributed by atoms with Crippen molar-refractivity contribution in [3.63, 3.8) is 0 Å². The lowest BCUT2D eigenvalue weighted by atomic mass is 9.95. The first kappa shape index (κ1) is 13.7. The van der Waals surface area contributed by atoms with Crippen molar-refractivity contribution in [2.45, 2.75) is 32.7 Å². The smallest absolute Gasteiger partial charge is 0.249 e. The topological polar surface area (TPSA) is 63.4 Å². The van der Waals surface area contributed by atoms with Crippen molar-refractivity contribution in [1.29, 1.82) is 0 Å². The molecule has 1 atom stereocenters. The molecule has 1 amide bonds. The van der Waals surface area contributed by atoms with Gasteiger partial charge in [-0.3, -0.25) is 14.5 Å². The molecule has 0 aliphatic carbocycles. The number of hydrogen-bond acceptors (Lipinski definition) is 3. The number of hydrogen-bond donors (Lipinski definition) is 1. The van der Waals surface area contributed by atoms with Crippen molar-refractivity contribution < 1.29 is 9.59 Å². The van der Waals surface area contributed by atoms with E-state index >= 15 is 0 Å². The van der Waals surface area contributed by atoms with Gasteiger partial charge in [-0.2, -0.15) is 0 Å². The minimum Gasteiger partial charge on any atom is -0.366 e. The number of primary amides is 1. The van der Waals surface area contributed by atoms with Gasteiger partial charge in [0.1, 0.15) is 0 Å².